The summed E-state index contributed by atoms with van der Waals surface area (Å²) < 4.78 is 0. The summed E-state index contributed by atoms with van der Waals surface area (Å²) in [5, 5.41) is 1.68. The van der Waals surface area contributed by atoms with Gasteiger partial charge in [-0.3, -0.25) is 0 Å². The highest BCUT2D eigenvalue weighted by atomic mass is 35.5. The second kappa shape index (κ2) is 3.63. The van der Waals surface area contributed by atoms with E-state index in [1.807, 2.05) is 18.2 Å². The van der Waals surface area contributed by atoms with Gasteiger partial charge >= 0.3 is 0 Å². The van der Waals surface area contributed by atoms with Crippen LogP contribution in [-0.4, -0.2) is 4.98 Å². The van der Waals surface area contributed by atoms with E-state index in [9.17, 15) is 0 Å². The standard InChI is InChI=1S/C13H15ClN2/c1-13(2,3)9-7-8-5-4-6-10(14)11(8)16-12(9)15/h4-7H,1-3H3,(H2,15,16). The average molecular weight is 235 g/mol. The van der Waals surface area contributed by atoms with Crippen molar-refractivity contribution in [3.05, 3.63) is 34.9 Å². The van der Waals surface area contributed by atoms with Crippen molar-refractivity contribution in [3.8, 4) is 0 Å². The third-order valence-electron chi connectivity index (χ3n) is 2.63. The van der Waals surface area contributed by atoms with Crippen molar-refractivity contribution >= 4 is 28.3 Å². The fourth-order valence-corrected chi connectivity index (χ4v) is 2.00. The zero-order valence-corrected chi connectivity index (χ0v) is 10.5. The topological polar surface area (TPSA) is 38.9 Å². The van der Waals surface area contributed by atoms with Crippen molar-refractivity contribution in [1.29, 1.82) is 0 Å². The average Bonchev–Trinajstić information content (AvgIpc) is 2.17. The molecule has 0 aliphatic carbocycles. The van der Waals surface area contributed by atoms with Gasteiger partial charge in [-0.05, 0) is 17.5 Å². The molecule has 1 aromatic carbocycles. The zero-order chi connectivity index (χ0) is 11.9. The molecule has 0 saturated heterocycles. The lowest BCUT2D eigenvalue weighted by atomic mass is 9.86. The quantitative estimate of drug-likeness (QED) is 0.754. The lowest BCUT2D eigenvalue weighted by molar-refractivity contribution is 0.591. The highest BCUT2D eigenvalue weighted by Crippen LogP contribution is 2.31. The third-order valence-corrected chi connectivity index (χ3v) is 2.94. The number of benzene rings is 1. The molecule has 0 unspecified atom stereocenters. The Morgan fingerprint density at radius 2 is 1.94 bits per heavy atom. The Morgan fingerprint density at radius 1 is 1.25 bits per heavy atom. The molecule has 1 aromatic heterocycles. The van der Waals surface area contributed by atoms with Gasteiger partial charge in [0.2, 0.25) is 0 Å². The molecule has 0 aliphatic heterocycles. The number of fused-ring (bicyclic) bond motifs is 1. The minimum Gasteiger partial charge on any atom is -0.383 e. The van der Waals surface area contributed by atoms with Crippen LogP contribution in [0.2, 0.25) is 5.02 Å². The molecule has 0 spiro atoms. The molecule has 0 atom stereocenters. The molecular weight excluding hydrogens is 220 g/mol. The van der Waals surface area contributed by atoms with Crippen LogP contribution >= 0.6 is 11.6 Å². The van der Waals surface area contributed by atoms with Crippen LogP contribution in [0.4, 0.5) is 5.82 Å². The number of anilines is 1. The first-order valence-electron chi connectivity index (χ1n) is 5.25. The minimum atomic E-state index is -0.00636. The van der Waals surface area contributed by atoms with E-state index in [0.717, 1.165) is 16.5 Å². The van der Waals surface area contributed by atoms with E-state index in [-0.39, 0.29) is 5.41 Å². The maximum atomic E-state index is 6.08. The van der Waals surface area contributed by atoms with E-state index in [4.69, 9.17) is 17.3 Å². The Morgan fingerprint density at radius 3 is 2.56 bits per heavy atom. The number of pyridine rings is 1. The van der Waals surface area contributed by atoms with Crippen LogP contribution < -0.4 is 5.73 Å². The number of nitrogen functional groups attached to an aromatic ring is 1. The largest absolute Gasteiger partial charge is 0.383 e. The van der Waals surface area contributed by atoms with Crippen LogP contribution in [0.3, 0.4) is 0 Å². The molecular formula is C13H15ClN2. The lowest BCUT2D eigenvalue weighted by Gasteiger charge is -2.21. The van der Waals surface area contributed by atoms with Crippen molar-refractivity contribution in [3.63, 3.8) is 0 Å². The molecule has 0 saturated carbocycles. The number of hydrogen-bond donors (Lipinski definition) is 1. The molecule has 16 heavy (non-hydrogen) atoms. The van der Waals surface area contributed by atoms with E-state index in [1.165, 1.54) is 0 Å². The molecule has 2 rings (SSSR count). The summed E-state index contributed by atoms with van der Waals surface area (Å²) in [6.45, 7) is 6.37. The summed E-state index contributed by atoms with van der Waals surface area (Å²) in [6, 6.07) is 7.83. The Bertz CT molecular complexity index is 541. The van der Waals surface area contributed by atoms with Crippen LogP contribution in [0.5, 0.6) is 0 Å². The highest BCUT2D eigenvalue weighted by molar-refractivity contribution is 6.35. The van der Waals surface area contributed by atoms with Crippen LogP contribution in [0.25, 0.3) is 10.9 Å². The summed E-state index contributed by atoms with van der Waals surface area (Å²) in [5.41, 5.74) is 7.80. The van der Waals surface area contributed by atoms with E-state index in [2.05, 4.69) is 31.8 Å². The van der Waals surface area contributed by atoms with Gasteiger partial charge in [0.15, 0.2) is 0 Å². The van der Waals surface area contributed by atoms with Crippen LogP contribution in [0.15, 0.2) is 24.3 Å². The number of aromatic nitrogens is 1. The molecule has 0 aliphatic rings. The molecule has 0 amide bonds. The Hall–Kier alpha value is -1.28. The number of hydrogen-bond acceptors (Lipinski definition) is 2. The highest BCUT2D eigenvalue weighted by Gasteiger charge is 2.18. The fourth-order valence-electron chi connectivity index (χ4n) is 1.78. The van der Waals surface area contributed by atoms with Gasteiger partial charge in [-0.2, -0.15) is 0 Å². The first-order chi connectivity index (χ1) is 7.39. The summed E-state index contributed by atoms with van der Waals surface area (Å²) in [7, 11) is 0. The molecule has 1 heterocycles. The number of nitrogens with two attached hydrogens (primary N) is 1. The molecule has 0 fully saturated rings. The molecule has 0 bridgehead atoms. The lowest BCUT2D eigenvalue weighted by Crippen LogP contribution is -2.15. The maximum absolute atomic E-state index is 6.08. The summed E-state index contributed by atoms with van der Waals surface area (Å²) >= 11 is 6.08. The first kappa shape index (κ1) is 11.2. The Balaban J connectivity index is 2.78. The van der Waals surface area contributed by atoms with Gasteiger partial charge in [-0.15, -0.1) is 0 Å². The van der Waals surface area contributed by atoms with Crippen molar-refractivity contribution in [2.45, 2.75) is 26.2 Å². The van der Waals surface area contributed by atoms with E-state index < -0.39 is 0 Å². The minimum absolute atomic E-state index is 0.00636. The molecule has 3 heteroatoms. The van der Waals surface area contributed by atoms with Crippen molar-refractivity contribution < 1.29 is 0 Å². The summed E-state index contributed by atoms with van der Waals surface area (Å²) in [6.07, 6.45) is 0. The van der Waals surface area contributed by atoms with Crippen LogP contribution in [0.1, 0.15) is 26.3 Å². The second-order valence-corrected chi connectivity index (χ2v) is 5.39. The van der Waals surface area contributed by atoms with Crippen molar-refractivity contribution in [1.82, 2.24) is 4.98 Å². The van der Waals surface area contributed by atoms with E-state index in [1.54, 1.807) is 0 Å². The fraction of sp³-hybridized carbons (Fsp3) is 0.308. The smallest absolute Gasteiger partial charge is 0.127 e. The van der Waals surface area contributed by atoms with E-state index in [0.29, 0.717) is 10.8 Å². The molecule has 2 N–H and O–H groups in total. The Kier molecular flexibility index (Phi) is 2.55. The maximum Gasteiger partial charge on any atom is 0.127 e. The normalized spacial score (nSPS) is 12.0. The van der Waals surface area contributed by atoms with Crippen molar-refractivity contribution in [2.75, 3.05) is 5.73 Å². The predicted octanol–water partition coefficient (Wildman–Crippen LogP) is 3.77. The Labute approximate surface area is 100 Å². The van der Waals surface area contributed by atoms with Gasteiger partial charge in [0.25, 0.3) is 0 Å². The van der Waals surface area contributed by atoms with Gasteiger partial charge in [0.1, 0.15) is 5.82 Å². The molecule has 2 aromatic rings. The first-order valence-corrected chi connectivity index (χ1v) is 5.62. The third kappa shape index (κ3) is 1.85. The monoisotopic (exact) mass is 234 g/mol. The van der Waals surface area contributed by atoms with Gasteiger partial charge in [-0.1, -0.05) is 44.5 Å². The SMILES string of the molecule is CC(C)(C)c1cc2cccc(Cl)c2nc1N. The second-order valence-electron chi connectivity index (χ2n) is 4.98. The van der Waals surface area contributed by atoms with Crippen LogP contribution in [0, 0.1) is 0 Å². The number of para-hydroxylation sites is 1. The van der Waals surface area contributed by atoms with Crippen molar-refractivity contribution in [2.24, 2.45) is 0 Å². The number of halogens is 1. The summed E-state index contributed by atoms with van der Waals surface area (Å²) in [4.78, 5) is 4.39. The van der Waals surface area contributed by atoms with E-state index >= 15 is 0 Å². The number of rotatable bonds is 0. The van der Waals surface area contributed by atoms with Gasteiger partial charge in [0, 0.05) is 10.9 Å². The van der Waals surface area contributed by atoms with Gasteiger partial charge in [-0.25, -0.2) is 4.98 Å². The molecule has 0 radical (unpaired) electrons. The molecule has 2 nitrogen and oxygen atoms in total. The van der Waals surface area contributed by atoms with Gasteiger partial charge in [0.05, 0.1) is 10.5 Å². The predicted molar refractivity (Wildman–Crippen MR) is 69.9 cm³/mol. The zero-order valence-electron chi connectivity index (χ0n) is 9.71. The van der Waals surface area contributed by atoms with Crippen LogP contribution in [-0.2, 0) is 5.41 Å². The van der Waals surface area contributed by atoms with Gasteiger partial charge < -0.3 is 5.73 Å². The number of nitrogens with zero attached hydrogens (tertiary/aromatic N) is 1. The summed E-state index contributed by atoms with van der Waals surface area (Å²) in [5.74, 6) is 0.563. The molecule has 84 valence electrons.